The lowest BCUT2D eigenvalue weighted by molar-refractivity contribution is 0.0694. The van der Waals surface area contributed by atoms with Crippen molar-refractivity contribution < 1.29 is 14.6 Å². The minimum Gasteiger partial charge on any atom is -0.478 e. The van der Waals surface area contributed by atoms with Crippen molar-refractivity contribution in [2.75, 3.05) is 0 Å². The smallest absolute Gasteiger partial charge is 0.339 e. The molecule has 0 bridgehead atoms. The topological polar surface area (TPSA) is 77.2 Å². The largest absolute Gasteiger partial charge is 0.478 e. The fourth-order valence-electron chi connectivity index (χ4n) is 1.51. The highest BCUT2D eigenvalue weighted by Crippen LogP contribution is 2.23. The molecule has 6 heteroatoms. The molecule has 0 unspecified atom stereocenters. The third-order valence-corrected chi connectivity index (χ3v) is 2.30. The Bertz CT molecular complexity index is 551. The maximum absolute atomic E-state index is 11.0. The van der Waals surface area contributed by atoms with Crippen molar-refractivity contribution in [3.8, 4) is 11.5 Å². The number of carbonyl (C=O) groups is 1. The summed E-state index contributed by atoms with van der Waals surface area (Å²) < 4.78 is 7.21. The Labute approximate surface area is 104 Å². The number of nitrogens with zero attached hydrogens (tertiary/aromatic N) is 3. The van der Waals surface area contributed by atoms with Crippen molar-refractivity contribution in [2.24, 2.45) is 0 Å². The van der Waals surface area contributed by atoms with Crippen molar-refractivity contribution in [3.05, 3.63) is 36.4 Å². The number of rotatable bonds is 5. The van der Waals surface area contributed by atoms with E-state index in [1.807, 2.05) is 6.92 Å². The number of ether oxygens (including phenoxy) is 1. The third kappa shape index (κ3) is 2.65. The molecule has 0 amide bonds. The number of pyridine rings is 1. The first-order valence-corrected chi connectivity index (χ1v) is 5.58. The number of carboxylic acid groups (broad SMARTS) is 1. The van der Waals surface area contributed by atoms with Gasteiger partial charge in [-0.1, -0.05) is 6.92 Å². The van der Waals surface area contributed by atoms with E-state index >= 15 is 0 Å². The van der Waals surface area contributed by atoms with Crippen LogP contribution in [0.1, 0.15) is 23.7 Å². The Balaban J connectivity index is 2.20. The number of aromatic nitrogens is 3. The van der Waals surface area contributed by atoms with Gasteiger partial charge in [-0.3, -0.25) is 9.67 Å². The quantitative estimate of drug-likeness (QED) is 0.876. The fourth-order valence-corrected chi connectivity index (χ4v) is 1.51. The summed E-state index contributed by atoms with van der Waals surface area (Å²) in [6.07, 6.45) is 7.03. The van der Waals surface area contributed by atoms with E-state index in [-0.39, 0.29) is 11.3 Å². The second-order valence-corrected chi connectivity index (χ2v) is 3.72. The van der Waals surface area contributed by atoms with Crippen LogP contribution in [-0.2, 0) is 6.54 Å². The summed E-state index contributed by atoms with van der Waals surface area (Å²) in [4.78, 5) is 14.8. The monoisotopic (exact) mass is 247 g/mol. The number of carboxylic acids is 1. The first kappa shape index (κ1) is 12.1. The Morgan fingerprint density at radius 3 is 3.06 bits per heavy atom. The lowest BCUT2D eigenvalue weighted by atomic mass is 10.2. The summed E-state index contributed by atoms with van der Waals surface area (Å²) in [5, 5.41) is 13.1. The van der Waals surface area contributed by atoms with Gasteiger partial charge in [-0.25, -0.2) is 4.79 Å². The first-order valence-electron chi connectivity index (χ1n) is 5.58. The maximum atomic E-state index is 11.0. The lowest BCUT2D eigenvalue weighted by Crippen LogP contribution is -2.00. The van der Waals surface area contributed by atoms with Crippen LogP contribution in [0, 0.1) is 0 Å². The van der Waals surface area contributed by atoms with Gasteiger partial charge in [-0.05, 0) is 12.5 Å². The summed E-state index contributed by atoms with van der Waals surface area (Å²) in [5.41, 5.74) is 0.0771. The van der Waals surface area contributed by atoms with Gasteiger partial charge in [0.2, 0.25) is 0 Å². The average Bonchev–Trinajstić information content (AvgIpc) is 2.77. The summed E-state index contributed by atoms with van der Waals surface area (Å²) in [6.45, 7) is 2.84. The molecule has 1 N–H and O–H groups in total. The molecule has 2 heterocycles. The Hall–Kier alpha value is -2.37. The minimum absolute atomic E-state index is 0.0771. The fraction of sp³-hybridized carbons (Fsp3) is 0.250. The van der Waals surface area contributed by atoms with Crippen LogP contribution in [0.2, 0.25) is 0 Å². The number of aryl methyl sites for hydroxylation is 1. The zero-order valence-corrected chi connectivity index (χ0v) is 9.91. The van der Waals surface area contributed by atoms with Crippen molar-refractivity contribution in [2.45, 2.75) is 19.9 Å². The van der Waals surface area contributed by atoms with E-state index < -0.39 is 5.97 Å². The number of aromatic carboxylic acids is 1. The molecule has 2 aromatic rings. The van der Waals surface area contributed by atoms with Crippen molar-refractivity contribution in [1.29, 1.82) is 0 Å². The van der Waals surface area contributed by atoms with Gasteiger partial charge in [-0.15, -0.1) is 0 Å². The molecule has 0 atom stereocenters. The molecule has 0 saturated heterocycles. The zero-order chi connectivity index (χ0) is 13.0. The summed E-state index contributed by atoms with van der Waals surface area (Å²) in [5.74, 6) is -0.339. The summed E-state index contributed by atoms with van der Waals surface area (Å²) >= 11 is 0. The number of hydrogen-bond donors (Lipinski definition) is 1. The molecule has 2 rings (SSSR count). The van der Waals surface area contributed by atoms with Crippen molar-refractivity contribution >= 4 is 5.97 Å². The highest BCUT2D eigenvalue weighted by atomic mass is 16.5. The number of hydrogen-bond acceptors (Lipinski definition) is 4. The van der Waals surface area contributed by atoms with Crippen LogP contribution in [0.15, 0.2) is 30.9 Å². The van der Waals surface area contributed by atoms with E-state index in [1.165, 1.54) is 18.5 Å². The van der Waals surface area contributed by atoms with Crippen LogP contribution >= 0.6 is 0 Å². The molecule has 0 aromatic carbocycles. The SMILES string of the molecule is CCCn1cc(Oc2cnccc2C(=O)O)cn1. The Morgan fingerprint density at radius 1 is 1.50 bits per heavy atom. The predicted molar refractivity (Wildman–Crippen MR) is 63.8 cm³/mol. The molecule has 0 radical (unpaired) electrons. The van der Waals surface area contributed by atoms with E-state index in [0.29, 0.717) is 5.75 Å². The highest BCUT2D eigenvalue weighted by Gasteiger charge is 2.12. The highest BCUT2D eigenvalue weighted by molar-refractivity contribution is 5.90. The molecule has 0 aliphatic heterocycles. The third-order valence-electron chi connectivity index (χ3n) is 2.30. The van der Waals surface area contributed by atoms with Gasteiger partial charge >= 0.3 is 5.97 Å². The van der Waals surface area contributed by atoms with Crippen molar-refractivity contribution in [1.82, 2.24) is 14.8 Å². The molecule has 0 spiro atoms. The van der Waals surface area contributed by atoms with Gasteiger partial charge in [0.05, 0.1) is 18.6 Å². The lowest BCUT2D eigenvalue weighted by Gasteiger charge is -2.05. The zero-order valence-electron chi connectivity index (χ0n) is 9.91. The van der Waals surface area contributed by atoms with E-state index in [4.69, 9.17) is 9.84 Å². The summed E-state index contributed by atoms with van der Waals surface area (Å²) in [6, 6.07) is 1.40. The second kappa shape index (κ2) is 5.31. The molecule has 0 fully saturated rings. The Morgan fingerprint density at radius 2 is 2.33 bits per heavy atom. The Kier molecular flexibility index (Phi) is 3.57. The van der Waals surface area contributed by atoms with E-state index in [1.54, 1.807) is 17.1 Å². The van der Waals surface area contributed by atoms with Crippen LogP contribution in [0.4, 0.5) is 0 Å². The van der Waals surface area contributed by atoms with Crippen molar-refractivity contribution in [3.63, 3.8) is 0 Å². The van der Waals surface area contributed by atoms with Crippen LogP contribution in [0.25, 0.3) is 0 Å². The van der Waals surface area contributed by atoms with Crippen LogP contribution in [-0.4, -0.2) is 25.8 Å². The first-order chi connectivity index (χ1) is 8.70. The molecule has 18 heavy (non-hydrogen) atoms. The van der Waals surface area contributed by atoms with Gasteiger partial charge in [0.15, 0.2) is 11.5 Å². The van der Waals surface area contributed by atoms with Gasteiger partial charge in [-0.2, -0.15) is 5.10 Å². The molecule has 6 nitrogen and oxygen atoms in total. The van der Waals surface area contributed by atoms with Crippen LogP contribution < -0.4 is 4.74 Å². The average molecular weight is 247 g/mol. The minimum atomic E-state index is -1.05. The van der Waals surface area contributed by atoms with Gasteiger partial charge in [0, 0.05) is 12.7 Å². The second-order valence-electron chi connectivity index (χ2n) is 3.72. The predicted octanol–water partition coefficient (Wildman–Crippen LogP) is 2.18. The molecular formula is C12H13N3O3. The summed E-state index contributed by atoms with van der Waals surface area (Å²) in [7, 11) is 0. The molecule has 94 valence electrons. The van der Waals surface area contributed by atoms with Gasteiger partial charge < -0.3 is 9.84 Å². The molecule has 0 saturated carbocycles. The molecule has 2 aromatic heterocycles. The van der Waals surface area contributed by atoms with Gasteiger partial charge in [0.25, 0.3) is 0 Å². The molecular weight excluding hydrogens is 234 g/mol. The van der Waals surface area contributed by atoms with E-state index in [0.717, 1.165) is 13.0 Å². The van der Waals surface area contributed by atoms with E-state index in [2.05, 4.69) is 10.1 Å². The molecule has 0 aliphatic carbocycles. The van der Waals surface area contributed by atoms with Gasteiger partial charge in [0.1, 0.15) is 5.56 Å². The normalized spacial score (nSPS) is 10.3. The standard InChI is InChI=1S/C12H13N3O3/c1-2-5-15-8-9(6-14-15)18-11-7-13-4-3-10(11)12(16)17/h3-4,6-8H,2,5H2,1H3,(H,16,17). The van der Waals surface area contributed by atoms with Crippen LogP contribution in [0.3, 0.4) is 0 Å². The molecule has 0 aliphatic rings. The van der Waals surface area contributed by atoms with Crippen LogP contribution in [0.5, 0.6) is 11.5 Å². The maximum Gasteiger partial charge on any atom is 0.339 e. The van der Waals surface area contributed by atoms with E-state index in [9.17, 15) is 4.79 Å².